The number of nitrogens with zero attached hydrogens (tertiary/aromatic N) is 2. The van der Waals surface area contributed by atoms with Gasteiger partial charge in [-0.05, 0) is 36.8 Å². The minimum atomic E-state index is -2.71. The van der Waals surface area contributed by atoms with E-state index in [-0.39, 0.29) is 29.5 Å². The summed E-state index contributed by atoms with van der Waals surface area (Å²) in [5.41, 5.74) is 6.70. The molecule has 150 valence electrons. The summed E-state index contributed by atoms with van der Waals surface area (Å²) in [5, 5.41) is 1.61. The predicted octanol–water partition coefficient (Wildman–Crippen LogP) is 4.08. The van der Waals surface area contributed by atoms with Gasteiger partial charge in [-0.1, -0.05) is 13.8 Å². The van der Waals surface area contributed by atoms with Crippen LogP contribution in [0.4, 0.5) is 8.78 Å². The lowest BCUT2D eigenvalue weighted by atomic mass is 10.0. The molecule has 3 rings (SSSR count). The number of aryl methyl sites for hydroxylation is 2. The summed E-state index contributed by atoms with van der Waals surface area (Å²) in [6, 6.07) is 4.34. The zero-order chi connectivity index (χ0) is 20.6. The van der Waals surface area contributed by atoms with Crippen molar-refractivity contribution in [3.8, 4) is 5.75 Å². The van der Waals surface area contributed by atoms with Gasteiger partial charge in [-0.3, -0.25) is 9.78 Å². The van der Waals surface area contributed by atoms with Crippen molar-refractivity contribution < 1.29 is 13.5 Å². The lowest BCUT2D eigenvalue weighted by Gasteiger charge is -2.19. The summed E-state index contributed by atoms with van der Waals surface area (Å²) in [7, 11) is 1.62. The van der Waals surface area contributed by atoms with Crippen LogP contribution < -0.4 is 16.0 Å². The minimum absolute atomic E-state index is 0.0573. The lowest BCUT2D eigenvalue weighted by molar-refractivity contribution is 0.144. The monoisotopic (exact) mass is 389 g/mol. The average Bonchev–Trinajstić information content (AvgIpc) is 2.63. The van der Waals surface area contributed by atoms with Crippen LogP contribution in [0.15, 0.2) is 29.2 Å². The molecule has 0 unspecified atom stereocenters. The summed E-state index contributed by atoms with van der Waals surface area (Å²) in [6.45, 7) is 5.95. The zero-order valence-corrected chi connectivity index (χ0v) is 16.5. The van der Waals surface area contributed by atoms with Crippen molar-refractivity contribution >= 4 is 21.7 Å². The molecule has 1 atom stereocenters. The Kier molecular flexibility index (Phi) is 5.65. The van der Waals surface area contributed by atoms with Crippen molar-refractivity contribution in [2.75, 3.05) is 6.61 Å². The van der Waals surface area contributed by atoms with Gasteiger partial charge in [0, 0.05) is 30.7 Å². The number of benzene rings is 1. The highest BCUT2D eigenvalue weighted by atomic mass is 19.3. The Morgan fingerprint density at radius 3 is 2.61 bits per heavy atom. The number of pyridine rings is 2. The third-order valence-electron chi connectivity index (χ3n) is 4.90. The second-order valence-corrected chi connectivity index (χ2v) is 7.59. The topological polar surface area (TPSA) is 70.1 Å². The molecular formula is C21H25F2N3O2. The summed E-state index contributed by atoms with van der Waals surface area (Å²) < 4.78 is 34.6. The molecule has 2 N–H and O–H groups in total. The Bertz CT molecular complexity index is 1080. The number of ether oxygens (including phenoxy) is 1. The first-order chi connectivity index (χ1) is 13.2. The normalized spacial score (nSPS) is 13.0. The van der Waals surface area contributed by atoms with E-state index < -0.39 is 6.43 Å². The van der Waals surface area contributed by atoms with Gasteiger partial charge in [-0.25, -0.2) is 8.78 Å². The van der Waals surface area contributed by atoms with Gasteiger partial charge in [0.1, 0.15) is 12.4 Å². The molecule has 0 amide bonds. The van der Waals surface area contributed by atoms with Gasteiger partial charge in [0.05, 0.1) is 22.2 Å². The van der Waals surface area contributed by atoms with E-state index in [1.54, 1.807) is 26.2 Å². The molecule has 0 aliphatic rings. The molecule has 0 saturated heterocycles. The van der Waals surface area contributed by atoms with Crippen LogP contribution in [0.25, 0.3) is 21.7 Å². The number of halogens is 2. The third kappa shape index (κ3) is 3.71. The first-order valence-corrected chi connectivity index (χ1v) is 9.29. The van der Waals surface area contributed by atoms with E-state index in [9.17, 15) is 13.6 Å². The highest BCUT2D eigenvalue weighted by molar-refractivity contribution is 6.06. The molecular weight excluding hydrogens is 364 g/mol. The van der Waals surface area contributed by atoms with Crippen LogP contribution >= 0.6 is 0 Å². The molecule has 1 aromatic carbocycles. The summed E-state index contributed by atoms with van der Waals surface area (Å²) >= 11 is 0. The Morgan fingerprint density at radius 2 is 1.96 bits per heavy atom. The second-order valence-electron chi connectivity index (χ2n) is 7.59. The summed E-state index contributed by atoms with van der Waals surface area (Å²) in [6.07, 6.45) is -0.406. The van der Waals surface area contributed by atoms with Crippen LogP contribution in [-0.4, -0.2) is 22.2 Å². The zero-order valence-electron chi connectivity index (χ0n) is 16.5. The van der Waals surface area contributed by atoms with E-state index in [1.807, 2.05) is 13.8 Å². The molecule has 0 radical (unpaired) electrons. The Labute approximate surface area is 162 Å². The molecule has 0 saturated carbocycles. The van der Waals surface area contributed by atoms with Crippen LogP contribution in [0.1, 0.15) is 38.0 Å². The molecule has 0 spiro atoms. The number of rotatable bonds is 6. The van der Waals surface area contributed by atoms with Crippen molar-refractivity contribution in [2.45, 2.75) is 39.7 Å². The molecule has 0 aliphatic heterocycles. The van der Waals surface area contributed by atoms with E-state index in [0.717, 1.165) is 6.42 Å². The van der Waals surface area contributed by atoms with Gasteiger partial charge < -0.3 is 15.0 Å². The molecule has 28 heavy (non-hydrogen) atoms. The maximum Gasteiger partial charge on any atom is 0.267 e. The van der Waals surface area contributed by atoms with E-state index >= 15 is 0 Å². The second kappa shape index (κ2) is 7.83. The fraction of sp³-hybridized carbons (Fsp3) is 0.429. The predicted molar refractivity (Wildman–Crippen MR) is 107 cm³/mol. The van der Waals surface area contributed by atoms with Crippen molar-refractivity contribution in [3.05, 3.63) is 46.0 Å². The number of alkyl halides is 2. The summed E-state index contributed by atoms with van der Waals surface area (Å²) in [4.78, 5) is 17.0. The van der Waals surface area contributed by atoms with Gasteiger partial charge >= 0.3 is 0 Å². The minimum Gasteiger partial charge on any atom is -0.491 e. The number of fused-ring (bicyclic) bond motifs is 3. The molecule has 5 nitrogen and oxygen atoms in total. The number of hydrogen-bond acceptors (Lipinski definition) is 4. The van der Waals surface area contributed by atoms with Crippen LogP contribution in [0.2, 0.25) is 0 Å². The maximum absolute atomic E-state index is 13.8. The van der Waals surface area contributed by atoms with E-state index in [4.69, 9.17) is 10.5 Å². The lowest BCUT2D eigenvalue weighted by Crippen LogP contribution is -2.29. The highest BCUT2D eigenvalue weighted by Gasteiger charge is 2.20. The smallest absolute Gasteiger partial charge is 0.267 e. The fourth-order valence-corrected chi connectivity index (χ4v) is 3.58. The van der Waals surface area contributed by atoms with Crippen LogP contribution in [0.5, 0.6) is 5.75 Å². The van der Waals surface area contributed by atoms with E-state index in [2.05, 4.69) is 4.98 Å². The maximum atomic E-state index is 13.8. The number of hydrogen-bond donors (Lipinski definition) is 1. The van der Waals surface area contributed by atoms with Crippen molar-refractivity contribution in [3.63, 3.8) is 0 Å². The molecule has 7 heteroatoms. The Balaban J connectivity index is 2.18. The van der Waals surface area contributed by atoms with Crippen molar-refractivity contribution in [1.29, 1.82) is 0 Å². The SMILES string of the molecule is Cc1nccc2c1c(=O)n(C)c1cc(OC[C@@H](N)CC(C)C)c(C(F)F)cc21. The van der Waals surface area contributed by atoms with Gasteiger partial charge in [-0.2, -0.15) is 0 Å². The molecule has 3 aromatic rings. The first kappa shape index (κ1) is 20.2. The van der Waals surface area contributed by atoms with Gasteiger partial charge in [0.25, 0.3) is 12.0 Å². The molecule has 0 fully saturated rings. The van der Waals surface area contributed by atoms with Gasteiger partial charge in [-0.15, -0.1) is 0 Å². The quantitative estimate of drug-likeness (QED) is 0.645. The molecule has 2 heterocycles. The highest BCUT2D eigenvalue weighted by Crippen LogP contribution is 2.35. The number of aromatic nitrogens is 2. The number of nitrogens with two attached hydrogens (primary N) is 1. The van der Waals surface area contributed by atoms with E-state index in [1.165, 1.54) is 16.7 Å². The Morgan fingerprint density at radius 1 is 1.25 bits per heavy atom. The fourth-order valence-electron chi connectivity index (χ4n) is 3.58. The standard InChI is InChI=1S/C21H25F2N3O2/c1-11(2)7-13(24)10-28-18-9-17-15(8-16(18)20(22)23)14-5-6-25-12(3)19(14)21(27)26(17)4/h5-6,8-9,11,13,20H,7,10,24H2,1-4H3/t13-/m0/s1. The third-order valence-corrected chi connectivity index (χ3v) is 4.90. The van der Waals surface area contributed by atoms with Crippen LogP contribution in [0.3, 0.4) is 0 Å². The van der Waals surface area contributed by atoms with Crippen molar-refractivity contribution in [2.24, 2.45) is 18.7 Å². The van der Waals surface area contributed by atoms with Gasteiger partial charge in [0.2, 0.25) is 0 Å². The van der Waals surface area contributed by atoms with Crippen LogP contribution in [-0.2, 0) is 7.05 Å². The molecule has 2 aromatic heterocycles. The Hall–Kier alpha value is -2.54. The largest absolute Gasteiger partial charge is 0.491 e. The summed E-state index contributed by atoms with van der Waals surface area (Å²) in [5.74, 6) is 0.440. The molecule has 0 bridgehead atoms. The van der Waals surface area contributed by atoms with Crippen molar-refractivity contribution in [1.82, 2.24) is 9.55 Å². The van der Waals surface area contributed by atoms with Gasteiger partial charge in [0.15, 0.2) is 0 Å². The average molecular weight is 389 g/mol. The van der Waals surface area contributed by atoms with Crippen LogP contribution in [0, 0.1) is 12.8 Å². The first-order valence-electron chi connectivity index (χ1n) is 9.29. The molecule has 0 aliphatic carbocycles. The van der Waals surface area contributed by atoms with E-state index in [0.29, 0.717) is 33.3 Å².